The second-order valence-electron chi connectivity index (χ2n) is 5.22. The molecule has 0 amide bonds. The number of carbonyl (C=O) groups excluding carboxylic acids is 1. The van der Waals surface area contributed by atoms with Crippen molar-refractivity contribution in [3.8, 4) is 0 Å². The van der Waals surface area contributed by atoms with Gasteiger partial charge in [-0.25, -0.2) is 4.98 Å². The van der Waals surface area contributed by atoms with Gasteiger partial charge < -0.3 is 4.90 Å². The fourth-order valence-corrected chi connectivity index (χ4v) is 2.32. The van der Waals surface area contributed by atoms with Crippen LogP contribution in [0, 0.1) is 12.3 Å². The fourth-order valence-electron chi connectivity index (χ4n) is 1.40. The molecular weight excluding hydrogens is 220 g/mol. The molecule has 0 radical (unpaired) electrons. The van der Waals surface area contributed by atoms with Crippen molar-refractivity contribution in [2.24, 2.45) is 5.41 Å². The van der Waals surface area contributed by atoms with Crippen molar-refractivity contribution in [3.05, 3.63) is 10.6 Å². The van der Waals surface area contributed by atoms with Gasteiger partial charge in [-0.1, -0.05) is 32.1 Å². The maximum absolute atomic E-state index is 10.8. The summed E-state index contributed by atoms with van der Waals surface area (Å²) >= 11 is 1.46. The van der Waals surface area contributed by atoms with E-state index in [2.05, 4.69) is 37.6 Å². The Balaban J connectivity index is 2.96. The monoisotopic (exact) mass is 240 g/mol. The number of thiazole rings is 1. The predicted octanol–water partition coefficient (Wildman–Crippen LogP) is 3.13. The summed E-state index contributed by atoms with van der Waals surface area (Å²) in [6.07, 6.45) is 0.881. The molecule has 0 saturated carbocycles. The zero-order valence-corrected chi connectivity index (χ0v) is 11.7. The Bertz CT molecular complexity index is 379. The van der Waals surface area contributed by atoms with Crippen LogP contribution in [0.3, 0.4) is 0 Å². The van der Waals surface area contributed by atoms with Crippen molar-refractivity contribution in [3.63, 3.8) is 0 Å². The predicted molar refractivity (Wildman–Crippen MR) is 69.6 cm³/mol. The van der Waals surface area contributed by atoms with E-state index in [0.717, 1.165) is 22.0 Å². The van der Waals surface area contributed by atoms with Gasteiger partial charge in [0.15, 0.2) is 11.4 Å². The Labute approximate surface area is 101 Å². The minimum absolute atomic E-state index is 0.190. The average molecular weight is 240 g/mol. The fraction of sp³-hybridized carbons (Fsp3) is 0.667. The van der Waals surface area contributed by atoms with Crippen LogP contribution in [-0.4, -0.2) is 24.4 Å². The quantitative estimate of drug-likeness (QED) is 0.761. The van der Waals surface area contributed by atoms with Crippen LogP contribution >= 0.6 is 11.3 Å². The number of aldehydes is 1. The molecule has 4 heteroatoms. The highest BCUT2D eigenvalue weighted by Gasteiger charge is 2.26. The molecule has 90 valence electrons. The van der Waals surface area contributed by atoms with Crippen LogP contribution < -0.4 is 4.90 Å². The molecule has 16 heavy (non-hydrogen) atoms. The van der Waals surface area contributed by atoms with E-state index < -0.39 is 0 Å². The van der Waals surface area contributed by atoms with E-state index in [4.69, 9.17) is 0 Å². The Kier molecular flexibility index (Phi) is 3.73. The van der Waals surface area contributed by atoms with E-state index in [1.807, 2.05) is 14.0 Å². The summed E-state index contributed by atoms with van der Waals surface area (Å²) in [5.74, 6) is 0. The van der Waals surface area contributed by atoms with Crippen LogP contribution in [0.4, 0.5) is 5.13 Å². The van der Waals surface area contributed by atoms with Gasteiger partial charge in [0.1, 0.15) is 0 Å². The van der Waals surface area contributed by atoms with Crippen LogP contribution in [0.15, 0.2) is 0 Å². The number of hydrogen-bond donors (Lipinski definition) is 0. The van der Waals surface area contributed by atoms with E-state index in [1.165, 1.54) is 11.3 Å². The van der Waals surface area contributed by atoms with Crippen LogP contribution in [0.25, 0.3) is 0 Å². The van der Waals surface area contributed by atoms with Crippen molar-refractivity contribution < 1.29 is 4.79 Å². The molecular formula is C12H20N2OS. The number of rotatable bonds is 3. The molecule has 0 fully saturated rings. The van der Waals surface area contributed by atoms with Gasteiger partial charge in [0, 0.05) is 13.1 Å². The summed E-state index contributed by atoms with van der Waals surface area (Å²) < 4.78 is 0. The average Bonchev–Trinajstić information content (AvgIpc) is 2.56. The molecule has 1 rings (SSSR count). The summed E-state index contributed by atoms with van der Waals surface area (Å²) in [5, 5.41) is 0.919. The van der Waals surface area contributed by atoms with Crippen molar-refractivity contribution >= 4 is 22.8 Å². The van der Waals surface area contributed by atoms with Gasteiger partial charge in [-0.15, -0.1) is 0 Å². The van der Waals surface area contributed by atoms with E-state index in [0.29, 0.717) is 6.04 Å². The molecule has 0 N–H and O–H groups in total. The lowest BCUT2D eigenvalue weighted by atomic mass is 9.87. The second kappa shape index (κ2) is 4.53. The first-order valence-electron chi connectivity index (χ1n) is 5.42. The normalized spacial score (nSPS) is 13.6. The molecule has 1 unspecified atom stereocenters. The van der Waals surface area contributed by atoms with Crippen molar-refractivity contribution in [1.29, 1.82) is 0 Å². The number of aromatic nitrogens is 1. The first-order chi connectivity index (χ1) is 7.27. The highest BCUT2D eigenvalue weighted by Crippen LogP contribution is 2.30. The van der Waals surface area contributed by atoms with Gasteiger partial charge in [-0.3, -0.25) is 4.79 Å². The van der Waals surface area contributed by atoms with Gasteiger partial charge in [-0.2, -0.15) is 0 Å². The van der Waals surface area contributed by atoms with Gasteiger partial charge in [0.05, 0.1) is 10.6 Å². The van der Waals surface area contributed by atoms with Crippen molar-refractivity contribution in [2.45, 2.75) is 40.7 Å². The topological polar surface area (TPSA) is 33.2 Å². The number of aryl methyl sites for hydroxylation is 1. The summed E-state index contributed by atoms with van der Waals surface area (Å²) in [5.41, 5.74) is 1.01. The molecule has 1 atom stereocenters. The molecule has 0 aliphatic rings. The lowest BCUT2D eigenvalue weighted by molar-refractivity contribution is 0.112. The molecule has 0 aromatic carbocycles. The van der Waals surface area contributed by atoms with Gasteiger partial charge in [0.2, 0.25) is 0 Å². The van der Waals surface area contributed by atoms with Crippen LogP contribution in [0.2, 0.25) is 0 Å². The standard InChI is InChI=1S/C12H20N2OS/c1-8-10(7-15)16-11(13-8)14(6)9(2)12(3,4)5/h7,9H,1-6H3. The van der Waals surface area contributed by atoms with Crippen molar-refractivity contribution in [2.75, 3.05) is 11.9 Å². The molecule has 0 saturated heterocycles. The van der Waals surface area contributed by atoms with Gasteiger partial charge in [-0.05, 0) is 19.3 Å². The van der Waals surface area contributed by atoms with Crippen LogP contribution in [0.5, 0.6) is 0 Å². The highest BCUT2D eigenvalue weighted by molar-refractivity contribution is 7.17. The third-order valence-corrected chi connectivity index (χ3v) is 4.24. The lowest BCUT2D eigenvalue weighted by Crippen LogP contribution is -2.39. The first kappa shape index (κ1) is 13.2. The van der Waals surface area contributed by atoms with E-state index in [9.17, 15) is 4.79 Å². The first-order valence-corrected chi connectivity index (χ1v) is 6.24. The van der Waals surface area contributed by atoms with Crippen molar-refractivity contribution in [1.82, 2.24) is 4.98 Å². The minimum atomic E-state index is 0.190. The van der Waals surface area contributed by atoms with Gasteiger partial charge in [0.25, 0.3) is 0 Å². The number of hydrogen-bond acceptors (Lipinski definition) is 4. The zero-order valence-electron chi connectivity index (χ0n) is 10.9. The maximum atomic E-state index is 10.8. The van der Waals surface area contributed by atoms with E-state index >= 15 is 0 Å². The summed E-state index contributed by atoms with van der Waals surface area (Å²) in [7, 11) is 2.03. The third kappa shape index (κ3) is 2.61. The van der Waals surface area contributed by atoms with Gasteiger partial charge >= 0.3 is 0 Å². The Hall–Kier alpha value is -0.900. The van der Waals surface area contributed by atoms with Crippen LogP contribution in [0.1, 0.15) is 43.1 Å². The number of nitrogens with zero attached hydrogens (tertiary/aromatic N) is 2. The largest absolute Gasteiger partial charge is 0.348 e. The molecule has 0 spiro atoms. The SMILES string of the molecule is Cc1nc(N(C)C(C)C(C)(C)C)sc1C=O. The van der Waals surface area contributed by atoms with Crippen LogP contribution in [-0.2, 0) is 0 Å². The summed E-state index contributed by atoms with van der Waals surface area (Å²) in [4.78, 5) is 18.1. The Morgan fingerprint density at radius 3 is 2.38 bits per heavy atom. The molecule has 3 nitrogen and oxygen atoms in total. The second-order valence-corrected chi connectivity index (χ2v) is 6.23. The highest BCUT2D eigenvalue weighted by atomic mass is 32.1. The minimum Gasteiger partial charge on any atom is -0.348 e. The zero-order chi connectivity index (χ0) is 12.5. The summed E-state index contributed by atoms with van der Waals surface area (Å²) in [6, 6.07) is 0.373. The Morgan fingerprint density at radius 2 is 2.00 bits per heavy atom. The summed E-state index contributed by atoms with van der Waals surface area (Å²) in [6.45, 7) is 10.7. The molecule has 0 aliphatic carbocycles. The van der Waals surface area contributed by atoms with E-state index in [1.54, 1.807) is 0 Å². The Morgan fingerprint density at radius 1 is 1.44 bits per heavy atom. The molecule has 0 bridgehead atoms. The third-order valence-electron chi connectivity index (χ3n) is 3.06. The lowest BCUT2D eigenvalue weighted by Gasteiger charge is -2.35. The molecule has 0 aliphatic heterocycles. The molecule has 1 heterocycles. The number of anilines is 1. The molecule has 1 aromatic heterocycles. The smallest absolute Gasteiger partial charge is 0.186 e. The maximum Gasteiger partial charge on any atom is 0.186 e. The van der Waals surface area contributed by atoms with E-state index in [-0.39, 0.29) is 5.41 Å². The number of carbonyl (C=O) groups is 1. The molecule has 1 aromatic rings.